The fourth-order valence-corrected chi connectivity index (χ4v) is 2.43. The van der Waals surface area contributed by atoms with Crippen LogP contribution >= 0.6 is 11.6 Å². The molecule has 1 aromatic carbocycles. The second-order valence-corrected chi connectivity index (χ2v) is 5.56. The zero-order chi connectivity index (χ0) is 15.4. The van der Waals surface area contributed by atoms with E-state index in [0.29, 0.717) is 11.6 Å². The lowest BCUT2D eigenvalue weighted by Crippen LogP contribution is -2.60. The molecule has 5 N–H and O–H groups in total. The molecule has 0 aromatic heterocycles. The third-order valence-electron chi connectivity index (χ3n) is 3.58. The van der Waals surface area contributed by atoms with Crippen LogP contribution in [-0.2, 0) is 11.3 Å². The van der Waals surface area contributed by atoms with Gasteiger partial charge >= 0.3 is 0 Å². The maximum Gasteiger partial charge on any atom is 0.111 e. The van der Waals surface area contributed by atoms with E-state index in [1.807, 2.05) is 12.1 Å². The lowest BCUT2D eigenvalue weighted by atomic mass is 9.95. The van der Waals surface area contributed by atoms with Crippen molar-refractivity contribution >= 4 is 11.6 Å². The molecule has 21 heavy (non-hydrogen) atoms. The molecule has 0 bridgehead atoms. The van der Waals surface area contributed by atoms with Crippen LogP contribution in [0.3, 0.4) is 0 Å². The normalized spacial score (nSPS) is 33.1. The van der Waals surface area contributed by atoms with E-state index < -0.39 is 37.1 Å². The Morgan fingerprint density at radius 1 is 1.00 bits per heavy atom. The maximum absolute atomic E-state index is 9.88. The van der Waals surface area contributed by atoms with Crippen molar-refractivity contribution in [2.24, 2.45) is 0 Å². The molecule has 1 heterocycles. The number of rotatable bonds is 5. The van der Waals surface area contributed by atoms with Crippen molar-refractivity contribution in [3.8, 4) is 0 Å². The summed E-state index contributed by atoms with van der Waals surface area (Å²) in [6.45, 7) is 0.412. The largest absolute Gasteiger partial charge is 0.394 e. The third-order valence-corrected chi connectivity index (χ3v) is 3.83. The molecule has 5 atom stereocenters. The number of benzene rings is 1. The summed E-state index contributed by atoms with van der Waals surface area (Å²) in [6, 6.07) is 7.32. The highest BCUT2D eigenvalue weighted by molar-refractivity contribution is 6.30. The van der Waals surface area contributed by atoms with Gasteiger partial charge in [-0.25, -0.2) is 0 Å². The van der Waals surface area contributed by atoms with Crippen LogP contribution in [0.4, 0.5) is 0 Å². The van der Waals surface area contributed by atoms with E-state index in [2.05, 4.69) is 5.32 Å². The van der Waals surface area contributed by atoms with Crippen LogP contribution in [-0.4, -0.2) is 64.1 Å². The molecule has 1 saturated heterocycles. The van der Waals surface area contributed by atoms with E-state index in [1.165, 1.54) is 0 Å². The van der Waals surface area contributed by atoms with Crippen molar-refractivity contribution in [2.75, 3.05) is 13.2 Å². The number of hydrogen-bond acceptors (Lipinski definition) is 6. The van der Waals surface area contributed by atoms with E-state index in [-0.39, 0.29) is 6.54 Å². The van der Waals surface area contributed by atoms with Gasteiger partial charge in [0.1, 0.15) is 24.4 Å². The topological polar surface area (TPSA) is 102 Å². The number of aliphatic hydroxyl groups is 4. The summed E-state index contributed by atoms with van der Waals surface area (Å²) in [4.78, 5) is 0. The molecule has 0 amide bonds. The highest BCUT2D eigenvalue weighted by atomic mass is 35.5. The molecule has 6 nitrogen and oxygen atoms in total. The first-order valence-corrected chi connectivity index (χ1v) is 7.16. The van der Waals surface area contributed by atoms with Gasteiger partial charge in [0.15, 0.2) is 0 Å². The molecule has 1 fully saturated rings. The van der Waals surface area contributed by atoms with Crippen molar-refractivity contribution in [2.45, 2.75) is 37.1 Å². The van der Waals surface area contributed by atoms with E-state index in [9.17, 15) is 15.3 Å². The second kappa shape index (κ2) is 7.51. The summed E-state index contributed by atoms with van der Waals surface area (Å²) in [5.74, 6) is 0. The molecular formula is C14H20ClNO5. The molecule has 2 rings (SSSR count). The van der Waals surface area contributed by atoms with Crippen LogP contribution in [0.25, 0.3) is 0 Å². The summed E-state index contributed by atoms with van der Waals surface area (Å²) in [5, 5.41) is 42.1. The first kappa shape index (κ1) is 16.6. The Bertz CT molecular complexity index is 441. The molecule has 7 heteroatoms. The molecule has 118 valence electrons. The van der Waals surface area contributed by atoms with Gasteiger partial charge in [0, 0.05) is 18.1 Å². The van der Waals surface area contributed by atoms with Crippen molar-refractivity contribution < 1.29 is 25.2 Å². The molecule has 1 unspecified atom stereocenters. The fraction of sp³-hybridized carbons (Fsp3) is 0.571. The summed E-state index contributed by atoms with van der Waals surface area (Å²) in [5.41, 5.74) is 1.02. The van der Waals surface area contributed by atoms with Gasteiger partial charge in [-0.3, -0.25) is 0 Å². The van der Waals surface area contributed by atoms with Gasteiger partial charge in [0.05, 0.1) is 12.7 Å². The van der Waals surface area contributed by atoms with Crippen LogP contribution in [0.1, 0.15) is 5.56 Å². The van der Waals surface area contributed by atoms with Crippen molar-refractivity contribution in [1.29, 1.82) is 0 Å². The van der Waals surface area contributed by atoms with Gasteiger partial charge in [0.2, 0.25) is 0 Å². The highest BCUT2D eigenvalue weighted by Crippen LogP contribution is 2.20. The third kappa shape index (κ3) is 4.14. The number of aliphatic hydroxyl groups excluding tert-OH is 4. The molecule has 0 spiro atoms. The van der Waals surface area contributed by atoms with E-state index in [1.54, 1.807) is 12.1 Å². The molecule has 0 radical (unpaired) electrons. The number of nitrogens with one attached hydrogen (secondary N) is 1. The Morgan fingerprint density at radius 3 is 2.24 bits per heavy atom. The molecular weight excluding hydrogens is 298 g/mol. The standard InChI is InChI=1S/C14H20ClNO5/c15-9-3-1-8(2-4-9)5-16-6-10-12(18)14(20)13(19)11(7-17)21-10/h1-4,10-14,16-20H,5-7H2/t10?,11-,12+,13-,14-/m1/s1. The number of ether oxygens (including phenoxy) is 1. The lowest BCUT2D eigenvalue weighted by Gasteiger charge is -2.40. The number of halogens is 1. The molecule has 1 aliphatic heterocycles. The summed E-state index contributed by atoms with van der Waals surface area (Å²) in [7, 11) is 0. The Labute approximate surface area is 127 Å². The number of hydrogen-bond donors (Lipinski definition) is 5. The Hall–Kier alpha value is -0.730. The van der Waals surface area contributed by atoms with Gasteiger partial charge in [-0.2, -0.15) is 0 Å². The van der Waals surface area contributed by atoms with Crippen LogP contribution in [0, 0.1) is 0 Å². The predicted molar refractivity (Wildman–Crippen MR) is 76.9 cm³/mol. The van der Waals surface area contributed by atoms with Crippen LogP contribution < -0.4 is 5.32 Å². The predicted octanol–water partition coefficient (Wildman–Crippen LogP) is -0.728. The van der Waals surface area contributed by atoms with Crippen LogP contribution in [0.5, 0.6) is 0 Å². The maximum atomic E-state index is 9.88. The first-order chi connectivity index (χ1) is 10.0. The smallest absolute Gasteiger partial charge is 0.111 e. The molecule has 0 saturated carbocycles. The van der Waals surface area contributed by atoms with Gasteiger partial charge < -0.3 is 30.5 Å². The van der Waals surface area contributed by atoms with E-state index in [0.717, 1.165) is 5.56 Å². The Kier molecular flexibility index (Phi) is 5.95. The van der Waals surface area contributed by atoms with Crippen molar-refractivity contribution in [3.05, 3.63) is 34.9 Å². The second-order valence-electron chi connectivity index (χ2n) is 5.12. The molecule has 1 aliphatic rings. The van der Waals surface area contributed by atoms with Crippen molar-refractivity contribution in [1.82, 2.24) is 5.32 Å². The molecule has 1 aromatic rings. The van der Waals surface area contributed by atoms with Gasteiger partial charge in [-0.1, -0.05) is 23.7 Å². The highest BCUT2D eigenvalue weighted by Gasteiger charge is 2.42. The first-order valence-electron chi connectivity index (χ1n) is 6.78. The summed E-state index contributed by atoms with van der Waals surface area (Å²) < 4.78 is 5.39. The average Bonchev–Trinajstić information content (AvgIpc) is 2.49. The zero-order valence-corrected chi connectivity index (χ0v) is 12.1. The zero-order valence-electron chi connectivity index (χ0n) is 11.4. The van der Waals surface area contributed by atoms with Crippen LogP contribution in [0.2, 0.25) is 5.02 Å². The van der Waals surface area contributed by atoms with Gasteiger partial charge in [-0.15, -0.1) is 0 Å². The van der Waals surface area contributed by atoms with Gasteiger partial charge in [-0.05, 0) is 17.7 Å². The Morgan fingerprint density at radius 2 is 1.62 bits per heavy atom. The quantitative estimate of drug-likeness (QED) is 0.491. The SMILES string of the molecule is OC[C@H]1OC(CNCc2ccc(Cl)cc2)[C@H](O)[C@@H](O)[C@@H]1O. The minimum atomic E-state index is -1.33. The summed E-state index contributed by atoms with van der Waals surface area (Å²) >= 11 is 5.80. The fourth-order valence-electron chi connectivity index (χ4n) is 2.31. The minimum absolute atomic E-state index is 0.282. The summed E-state index contributed by atoms with van der Waals surface area (Å²) in [6.07, 6.45) is -5.44. The van der Waals surface area contributed by atoms with Gasteiger partial charge in [0.25, 0.3) is 0 Å². The average molecular weight is 318 g/mol. The van der Waals surface area contributed by atoms with Crippen LogP contribution in [0.15, 0.2) is 24.3 Å². The lowest BCUT2D eigenvalue weighted by molar-refractivity contribution is -0.227. The van der Waals surface area contributed by atoms with Crippen molar-refractivity contribution in [3.63, 3.8) is 0 Å². The van der Waals surface area contributed by atoms with E-state index in [4.69, 9.17) is 21.4 Å². The molecule has 0 aliphatic carbocycles. The van der Waals surface area contributed by atoms with E-state index >= 15 is 0 Å². The monoisotopic (exact) mass is 317 g/mol. The Balaban J connectivity index is 1.85. The minimum Gasteiger partial charge on any atom is -0.394 e.